The van der Waals surface area contributed by atoms with Gasteiger partial charge in [0.1, 0.15) is 12.4 Å². The number of amides is 2. The van der Waals surface area contributed by atoms with E-state index in [1.54, 1.807) is 12.1 Å². The molecule has 0 unspecified atom stereocenters. The molecule has 1 aromatic heterocycles. The lowest BCUT2D eigenvalue weighted by atomic mass is 10.4. The van der Waals surface area contributed by atoms with Crippen molar-refractivity contribution in [1.82, 2.24) is 15.8 Å². The average molecular weight is 357 g/mol. The molecule has 1 aliphatic rings. The molecule has 1 saturated heterocycles. The molecule has 10 heteroatoms. The highest BCUT2D eigenvalue weighted by molar-refractivity contribution is 7.91. The molecule has 2 heterocycles. The van der Waals surface area contributed by atoms with Crippen LogP contribution >= 0.6 is 0 Å². The Morgan fingerprint density at radius 2 is 2.04 bits per heavy atom. The first kappa shape index (κ1) is 18.0. The van der Waals surface area contributed by atoms with Crippen molar-refractivity contribution in [1.29, 1.82) is 0 Å². The number of hydrogen-bond donors (Lipinski definition) is 2. The number of ether oxygens (including phenoxy) is 1. The summed E-state index contributed by atoms with van der Waals surface area (Å²) in [6, 6.07) is 3.36. The van der Waals surface area contributed by atoms with Crippen molar-refractivity contribution in [3.63, 3.8) is 0 Å². The van der Waals surface area contributed by atoms with Gasteiger partial charge in [0.2, 0.25) is 0 Å². The smallest absolute Gasteiger partial charge is 0.426 e. The molecule has 0 bridgehead atoms. The number of hydrazine groups is 1. The van der Waals surface area contributed by atoms with Crippen molar-refractivity contribution in [2.75, 3.05) is 37.7 Å². The van der Waals surface area contributed by atoms with Gasteiger partial charge in [-0.25, -0.2) is 18.6 Å². The van der Waals surface area contributed by atoms with Gasteiger partial charge in [0.15, 0.2) is 9.84 Å². The lowest BCUT2D eigenvalue weighted by Crippen LogP contribution is -2.44. The number of sulfone groups is 1. The minimum atomic E-state index is -2.92. The average Bonchev–Trinajstić information content (AvgIpc) is 3.06. The molecule has 0 radical (unpaired) electrons. The monoisotopic (exact) mass is 357 g/mol. The van der Waals surface area contributed by atoms with Crippen LogP contribution in [0.25, 0.3) is 6.08 Å². The van der Waals surface area contributed by atoms with Crippen LogP contribution in [0.15, 0.2) is 28.9 Å². The minimum absolute atomic E-state index is 0.101. The summed E-state index contributed by atoms with van der Waals surface area (Å²) in [5.74, 6) is 0.218. The lowest BCUT2D eigenvalue weighted by molar-refractivity contribution is -0.117. The second-order valence-electron chi connectivity index (χ2n) is 5.09. The van der Waals surface area contributed by atoms with Crippen LogP contribution in [-0.2, 0) is 19.4 Å². The Balaban J connectivity index is 1.57. The third-order valence-corrected chi connectivity index (χ3v) is 4.92. The van der Waals surface area contributed by atoms with E-state index in [0.29, 0.717) is 25.4 Å². The Morgan fingerprint density at radius 3 is 2.71 bits per heavy atom. The maximum Gasteiger partial charge on any atom is 0.426 e. The highest BCUT2D eigenvalue weighted by atomic mass is 32.2. The van der Waals surface area contributed by atoms with E-state index in [1.165, 1.54) is 18.4 Å². The molecule has 132 valence electrons. The van der Waals surface area contributed by atoms with Crippen LogP contribution in [0.4, 0.5) is 4.79 Å². The normalized spacial score (nSPS) is 17.5. The van der Waals surface area contributed by atoms with Gasteiger partial charge in [-0.05, 0) is 18.2 Å². The Bertz CT molecular complexity index is 669. The summed E-state index contributed by atoms with van der Waals surface area (Å²) in [4.78, 5) is 24.8. The van der Waals surface area contributed by atoms with Crippen molar-refractivity contribution in [3.05, 3.63) is 30.2 Å². The summed E-state index contributed by atoms with van der Waals surface area (Å²) in [6.07, 6.45) is 3.34. The number of carbonyl (C=O) groups is 2. The first-order valence-corrected chi connectivity index (χ1v) is 9.14. The number of nitrogens with one attached hydrogen (secondary N) is 2. The molecule has 0 aliphatic carbocycles. The SMILES string of the molecule is O=C(C=Cc1ccco1)NNC(=O)OCCN1CCS(=O)(=O)CC1. The highest BCUT2D eigenvalue weighted by Gasteiger charge is 2.21. The summed E-state index contributed by atoms with van der Waals surface area (Å²) in [5.41, 5.74) is 4.27. The third kappa shape index (κ3) is 6.42. The molecule has 2 amide bonds. The van der Waals surface area contributed by atoms with E-state index in [2.05, 4.69) is 10.9 Å². The number of furan rings is 1. The molecule has 1 fully saturated rings. The van der Waals surface area contributed by atoms with Crippen LogP contribution in [0.5, 0.6) is 0 Å². The van der Waals surface area contributed by atoms with E-state index in [1.807, 2.05) is 4.90 Å². The zero-order valence-electron chi connectivity index (χ0n) is 12.9. The predicted octanol–water partition coefficient (Wildman–Crippen LogP) is -0.219. The van der Waals surface area contributed by atoms with Crippen LogP contribution in [0.1, 0.15) is 5.76 Å². The van der Waals surface area contributed by atoms with Gasteiger partial charge >= 0.3 is 6.09 Å². The largest absolute Gasteiger partial charge is 0.465 e. The van der Waals surface area contributed by atoms with Crippen LogP contribution in [-0.4, -0.2) is 63.1 Å². The predicted molar refractivity (Wildman–Crippen MR) is 85.5 cm³/mol. The first-order valence-electron chi connectivity index (χ1n) is 7.32. The molecule has 0 spiro atoms. The van der Waals surface area contributed by atoms with Gasteiger partial charge in [-0.2, -0.15) is 0 Å². The van der Waals surface area contributed by atoms with Gasteiger partial charge in [0.05, 0.1) is 17.8 Å². The fourth-order valence-corrected chi connectivity index (χ4v) is 3.25. The van der Waals surface area contributed by atoms with Gasteiger partial charge < -0.3 is 9.15 Å². The van der Waals surface area contributed by atoms with E-state index in [4.69, 9.17) is 9.15 Å². The molecule has 0 atom stereocenters. The summed E-state index contributed by atoms with van der Waals surface area (Å²) >= 11 is 0. The van der Waals surface area contributed by atoms with E-state index in [0.717, 1.165) is 0 Å². The van der Waals surface area contributed by atoms with Gasteiger partial charge in [0.25, 0.3) is 5.91 Å². The maximum absolute atomic E-state index is 11.4. The summed E-state index contributed by atoms with van der Waals surface area (Å²) in [5, 5.41) is 0. The van der Waals surface area contributed by atoms with Gasteiger partial charge in [-0.15, -0.1) is 0 Å². The fourth-order valence-electron chi connectivity index (χ4n) is 1.98. The molecule has 2 rings (SSSR count). The first-order chi connectivity index (χ1) is 11.4. The molecular formula is C14H19N3O6S. The van der Waals surface area contributed by atoms with Crippen molar-refractivity contribution in [2.24, 2.45) is 0 Å². The van der Waals surface area contributed by atoms with Crippen molar-refractivity contribution < 1.29 is 27.2 Å². The quantitative estimate of drug-likeness (QED) is 0.552. The van der Waals surface area contributed by atoms with Gasteiger partial charge in [0, 0.05) is 25.7 Å². The van der Waals surface area contributed by atoms with Gasteiger partial charge in [-0.1, -0.05) is 0 Å². The van der Waals surface area contributed by atoms with E-state index in [-0.39, 0.29) is 18.1 Å². The van der Waals surface area contributed by atoms with Crippen LogP contribution in [0, 0.1) is 0 Å². The van der Waals surface area contributed by atoms with Crippen LogP contribution in [0.3, 0.4) is 0 Å². The Morgan fingerprint density at radius 1 is 1.29 bits per heavy atom. The molecule has 24 heavy (non-hydrogen) atoms. The third-order valence-electron chi connectivity index (χ3n) is 3.31. The number of hydrogen-bond acceptors (Lipinski definition) is 7. The van der Waals surface area contributed by atoms with Crippen molar-refractivity contribution in [3.8, 4) is 0 Å². The van der Waals surface area contributed by atoms with E-state index >= 15 is 0 Å². The summed E-state index contributed by atoms with van der Waals surface area (Å²) in [6.45, 7) is 1.41. The molecule has 9 nitrogen and oxygen atoms in total. The summed E-state index contributed by atoms with van der Waals surface area (Å²) in [7, 11) is -2.92. The Hall–Kier alpha value is -2.33. The fraction of sp³-hybridized carbons (Fsp3) is 0.429. The maximum atomic E-state index is 11.4. The highest BCUT2D eigenvalue weighted by Crippen LogP contribution is 2.03. The molecular weight excluding hydrogens is 338 g/mol. The standard InChI is InChI=1S/C14H19N3O6S/c18-13(4-3-12-2-1-8-22-12)15-16-14(19)23-9-5-17-6-10-24(20,21)11-7-17/h1-4,8H,5-7,9-11H2,(H,15,18)(H,16,19). The van der Waals surface area contributed by atoms with Crippen LogP contribution < -0.4 is 10.9 Å². The number of nitrogens with zero attached hydrogens (tertiary/aromatic N) is 1. The zero-order valence-corrected chi connectivity index (χ0v) is 13.8. The van der Waals surface area contributed by atoms with E-state index < -0.39 is 21.8 Å². The summed E-state index contributed by atoms with van der Waals surface area (Å²) < 4.78 is 32.5. The van der Waals surface area contributed by atoms with Gasteiger partial charge in [-0.3, -0.25) is 15.1 Å². The molecule has 1 aromatic rings. The second kappa shape index (κ2) is 8.50. The van der Waals surface area contributed by atoms with Crippen LogP contribution in [0.2, 0.25) is 0 Å². The zero-order chi connectivity index (χ0) is 17.4. The Labute approximate surface area is 139 Å². The van der Waals surface area contributed by atoms with E-state index in [9.17, 15) is 18.0 Å². The Kier molecular flexibility index (Phi) is 6.38. The second-order valence-corrected chi connectivity index (χ2v) is 7.40. The number of carbonyl (C=O) groups excluding carboxylic acids is 2. The molecule has 0 saturated carbocycles. The lowest BCUT2D eigenvalue weighted by Gasteiger charge is -2.25. The van der Waals surface area contributed by atoms with Crippen molar-refractivity contribution >= 4 is 27.9 Å². The van der Waals surface area contributed by atoms with Crippen molar-refractivity contribution in [2.45, 2.75) is 0 Å². The molecule has 0 aromatic carbocycles. The minimum Gasteiger partial charge on any atom is -0.465 e. The molecule has 2 N–H and O–H groups in total. The molecule has 1 aliphatic heterocycles. The topological polar surface area (TPSA) is 118 Å². The number of rotatable bonds is 5.